The first-order chi connectivity index (χ1) is 8.77. The van der Waals surface area contributed by atoms with E-state index in [1.165, 1.54) is 0 Å². The fraction of sp³-hybridized carbons (Fsp3) is 0.500. The van der Waals surface area contributed by atoms with Gasteiger partial charge in [-0.2, -0.15) is 0 Å². The van der Waals surface area contributed by atoms with Crippen LogP contribution < -0.4 is 0 Å². The van der Waals surface area contributed by atoms with Gasteiger partial charge in [-0.05, 0) is 18.4 Å². The number of carbonyl (C=O) groups is 1. The fourth-order valence-corrected chi connectivity index (χ4v) is 2.03. The van der Waals surface area contributed by atoms with E-state index in [1.54, 1.807) is 0 Å². The smallest absolute Gasteiger partial charge is 0.311 e. The standard InChI is InChI=1S/C14H18O4/c15-13-10-18-14(16)12(13)7-4-8-17-9-11-5-2-1-3-6-11/h1-3,5-6,12-13,15H,4,7-10H2. The van der Waals surface area contributed by atoms with Crippen molar-refractivity contribution in [2.75, 3.05) is 13.2 Å². The van der Waals surface area contributed by atoms with Gasteiger partial charge < -0.3 is 14.6 Å². The van der Waals surface area contributed by atoms with Gasteiger partial charge in [-0.3, -0.25) is 4.79 Å². The van der Waals surface area contributed by atoms with Gasteiger partial charge in [-0.1, -0.05) is 30.3 Å². The second-order valence-corrected chi connectivity index (χ2v) is 4.48. The molecular formula is C14H18O4. The maximum atomic E-state index is 11.2. The number of aliphatic hydroxyl groups excluding tert-OH is 1. The molecule has 1 heterocycles. The molecule has 1 aromatic rings. The highest BCUT2D eigenvalue weighted by molar-refractivity contribution is 5.75. The molecule has 1 aliphatic rings. The van der Waals surface area contributed by atoms with Crippen LogP contribution in [0.5, 0.6) is 0 Å². The van der Waals surface area contributed by atoms with Crippen LogP contribution in [0.1, 0.15) is 18.4 Å². The predicted octanol–water partition coefficient (Wildman–Crippen LogP) is 1.52. The number of rotatable bonds is 6. The SMILES string of the molecule is O=C1OCC(O)C1CCCOCc1ccccc1. The minimum Gasteiger partial charge on any atom is -0.463 e. The Morgan fingerprint density at radius 3 is 2.78 bits per heavy atom. The predicted molar refractivity (Wildman–Crippen MR) is 65.8 cm³/mol. The second-order valence-electron chi connectivity index (χ2n) is 4.48. The zero-order valence-corrected chi connectivity index (χ0v) is 10.2. The Labute approximate surface area is 107 Å². The maximum Gasteiger partial charge on any atom is 0.311 e. The zero-order valence-electron chi connectivity index (χ0n) is 10.2. The van der Waals surface area contributed by atoms with Crippen molar-refractivity contribution in [2.45, 2.75) is 25.6 Å². The highest BCUT2D eigenvalue weighted by Gasteiger charge is 2.34. The Morgan fingerprint density at radius 2 is 2.11 bits per heavy atom. The Hall–Kier alpha value is -1.39. The molecule has 0 saturated carbocycles. The summed E-state index contributed by atoms with van der Waals surface area (Å²) < 4.78 is 10.3. The van der Waals surface area contributed by atoms with Crippen molar-refractivity contribution >= 4 is 5.97 Å². The van der Waals surface area contributed by atoms with Crippen LogP contribution in [0.15, 0.2) is 30.3 Å². The Kier molecular flexibility index (Phi) is 4.73. The monoisotopic (exact) mass is 250 g/mol. The van der Waals surface area contributed by atoms with Crippen LogP contribution in [0.2, 0.25) is 0 Å². The third-order valence-electron chi connectivity index (χ3n) is 3.08. The molecule has 1 fully saturated rings. The molecule has 18 heavy (non-hydrogen) atoms. The zero-order chi connectivity index (χ0) is 12.8. The van der Waals surface area contributed by atoms with Crippen LogP contribution in [-0.4, -0.2) is 30.4 Å². The molecule has 1 saturated heterocycles. The van der Waals surface area contributed by atoms with E-state index in [9.17, 15) is 9.90 Å². The van der Waals surface area contributed by atoms with Crippen LogP contribution >= 0.6 is 0 Å². The molecule has 1 aromatic carbocycles. The minimum absolute atomic E-state index is 0.133. The minimum atomic E-state index is -0.647. The van der Waals surface area contributed by atoms with Gasteiger partial charge in [-0.25, -0.2) is 0 Å². The van der Waals surface area contributed by atoms with Crippen molar-refractivity contribution in [3.8, 4) is 0 Å². The topological polar surface area (TPSA) is 55.8 Å². The number of benzene rings is 1. The molecule has 98 valence electrons. The summed E-state index contributed by atoms with van der Waals surface area (Å²) in [5.41, 5.74) is 1.14. The summed E-state index contributed by atoms with van der Waals surface area (Å²) in [6.07, 6.45) is 0.727. The van der Waals surface area contributed by atoms with E-state index in [0.29, 0.717) is 19.6 Å². The van der Waals surface area contributed by atoms with Crippen molar-refractivity contribution in [1.29, 1.82) is 0 Å². The molecular weight excluding hydrogens is 232 g/mol. The molecule has 0 radical (unpaired) electrons. The Bertz CT molecular complexity index is 377. The van der Waals surface area contributed by atoms with E-state index in [1.807, 2.05) is 30.3 Å². The van der Waals surface area contributed by atoms with Gasteiger partial charge in [0, 0.05) is 6.61 Å². The van der Waals surface area contributed by atoms with Gasteiger partial charge >= 0.3 is 5.97 Å². The summed E-state index contributed by atoms with van der Waals surface area (Å²) in [5, 5.41) is 9.51. The van der Waals surface area contributed by atoms with Gasteiger partial charge in [0.1, 0.15) is 12.7 Å². The maximum absolute atomic E-state index is 11.2. The van der Waals surface area contributed by atoms with Gasteiger partial charge in [0.25, 0.3) is 0 Å². The number of carbonyl (C=O) groups excluding carboxylic acids is 1. The molecule has 1 N–H and O–H groups in total. The molecule has 0 bridgehead atoms. The number of hydrogen-bond donors (Lipinski definition) is 1. The van der Waals surface area contributed by atoms with Gasteiger partial charge in [-0.15, -0.1) is 0 Å². The van der Waals surface area contributed by atoms with Crippen LogP contribution in [0.3, 0.4) is 0 Å². The van der Waals surface area contributed by atoms with Crippen molar-refractivity contribution in [2.24, 2.45) is 5.92 Å². The lowest BCUT2D eigenvalue weighted by atomic mass is 10.00. The number of cyclic esters (lactones) is 1. The molecule has 0 spiro atoms. The average Bonchev–Trinajstić information content (AvgIpc) is 2.71. The average molecular weight is 250 g/mol. The summed E-state index contributed by atoms with van der Waals surface area (Å²) >= 11 is 0. The van der Waals surface area contributed by atoms with Crippen LogP contribution in [0, 0.1) is 5.92 Å². The lowest BCUT2D eigenvalue weighted by Crippen LogP contribution is -2.20. The number of ether oxygens (including phenoxy) is 2. The first-order valence-corrected chi connectivity index (χ1v) is 6.24. The summed E-state index contributed by atoms with van der Waals surface area (Å²) in [6.45, 7) is 1.30. The van der Waals surface area contributed by atoms with Crippen LogP contribution in [0.4, 0.5) is 0 Å². The molecule has 2 atom stereocenters. The first kappa shape index (κ1) is 13.1. The summed E-state index contributed by atoms with van der Waals surface area (Å²) in [5.74, 6) is -0.657. The molecule has 4 nitrogen and oxygen atoms in total. The van der Waals surface area contributed by atoms with Crippen molar-refractivity contribution < 1.29 is 19.4 Å². The summed E-state index contributed by atoms with van der Waals surface area (Å²) in [7, 11) is 0. The number of aliphatic hydroxyl groups is 1. The quantitative estimate of drug-likeness (QED) is 0.614. The second kappa shape index (κ2) is 6.52. The van der Waals surface area contributed by atoms with Gasteiger partial charge in [0.15, 0.2) is 0 Å². The van der Waals surface area contributed by atoms with Gasteiger partial charge in [0.2, 0.25) is 0 Å². The highest BCUT2D eigenvalue weighted by Crippen LogP contribution is 2.20. The molecule has 0 aromatic heterocycles. The first-order valence-electron chi connectivity index (χ1n) is 6.24. The number of esters is 1. The van der Waals surface area contributed by atoms with E-state index in [2.05, 4.69) is 0 Å². The van der Waals surface area contributed by atoms with E-state index in [4.69, 9.17) is 9.47 Å². The normalized spacial score (nSPS) is 23.1. The van der Waals surface area contributed by atoms with Gasteiger partial charge in [0.05, 0.1) is 12.5 Å². The molecule has 0 amide bonds. The molecule has 0 aliphatic carbocycles. The van der Waals surface area contributed by atoms with E-state index < -0.39 is 6.10 Å². The van der Waals surface area contributed by atoms with Crippen molar-refractivity contribution in [3.05, 3.63) is 35.9 Å². The Morgan fingerprint density at radius 1 is 1.33 bits per heavy atom. The molecule has 2 rings (SSSR count). The van der Waals surface area contributed by atoms with Crippen LogP contribution in [0.25, 0.3) is 0 Å². The van der Waals surface area contributed by atoms with E-state index in [0.717, 1.165) is 12.0 Å². The molecule has 4 heteroatoms. The lowest BCUT2D eigenvalue weighted by Gasteiger charge is -2.09. The Balaban J connectivity index is 1.60. The molecule has 2 unspecified atom stereocenters. The highest BCUT2D eigenvalue weighted by atomic mass is 16.6. The lowest BCUT2D eigenvalue weighted by molar-refractivity contribution is -0.141. The third kappa shape index (κ3) is 3.55. The third-order valence-corrected chi connectivity index (χ3v) is 3.08. The molecule has 1 aliphatic heterocycles. The summed E-state index contributed by atoms with van der Waals surface area (Å²) in [4.78, 5) is 11.2. The fourth-order valence-electron chi connectivity index (χ4n) is 2.03. The van der Waals surface area contributed by atoms with Crippen LogP contribution in [-0.2, 0) is 20.9 Å². The van der Waals surface area contributed by atoms with Crippen molar-refractivity contribution in [1.82, 2.24) is 0 Å². The van der Waals surface area contributed by atoms with Crippen molar-refractivity contribution in [3.63, 3.8) is 0 Å². The van der Waals surface area contributed by atoms with E-state index >= 15 is 0 Å². The van der Waals surface area contributed by atoms with E-state index in [-0.39, 0.29) is 18.5 Å². The largest absolute Gasteiger partial charge is 0.463 e. The number of hydrogen-bond acceptors (Lipinski definition) is 4. The summed E-state index contributed by atoms with van der Waals surface area (Å²) in [6, 6.07) is 9.94.